The van der Waals surface area contributed by atoms with Gasteiger partial charge in [0.1, 0.15) is 12.6 Å². The van der Waals surface area contributed by atoms with E-state index in [2.05, 4.69) is 31.3 Å². The molecule has 8 heteroatoms. The van der Waals surface area contributed by atoms with E-state index in [1.54, 1.807) is 7.11 Å². The summed E-state index contributed by atoms with van der Waals surface area (Å²) in [5.74, 6) is -0.0283. The van der Waals surface area contributed by atoms with Crippen molar-refractivity contribution in [2.45, 2.75) is 46.1 Å². The van der Waals surface area contributed by atoms with E-state index in [0.29, 0.717) is 45.4 Å². The number of benzene rings is 1. The van der Waals surface area contributed by atoms with Crippen LogP contribution in [0.25, 0.3) is 0 Å². The molecule has 1 fully saturated rings. The number of ether oxygens (including phenoxy) is 3. The van der Waals surface area contributed by atoms with Gasteiger partial charge in [0.05, 0.1) is 26.4 Å². The second kappa shape index (κ2) is 13.3. The fourth-order valence-corrected chi connectivity index (χ4v) is 4.44. The Morgan fingerprint density at radius 2 is 1.76 bits per heavy atom. The van der Waals surface area contributed by atoms with Crippen LogP contribution in [0, 0.1) is 11.3 Å². The van der Waals surface area contributed by atoms with E-state index in [0.717, 1.165) is 11.4 Å². The molecule has 1 aliphatic heterocycles. The topological polar surface area (TPSA) is 77.1 Å². The highest BCUT2D eigenvalue weighted by molar-refractivity contribution is 6.30. The lowest BCUT2D eigenvalue weighted by Crippen LogP contribution is -2.56. The van der Waals surface area contributed by atoms with Crippen LogP contribution in [0.15, 0.2) is 24.3 Å². The van der Waals surface area contributed by atoms with E-state index < -0.39 is 6.04 Å². The smallest absolute Gasteiger partial charge is 0.246 e. The molecule has 7 nitrogen and oxygen atoms in total. The number of likely N-dealkylation sites (tertiary alicyclic amines) is 1. The number of methoxy groups -OCH3 is 1. The molecule has 0 aliphatic carbocycles. The first-order valence-corrected chi connectivity index (χ1v) is 12.0. The highest BCUT2D eigenvalue weighted by Crippen LogP contribution is 2.42. The lowest BCUT2D eigenvalue weighted by atomic mass is 9.70. The zero-order valence-corrected chi connectivity index (χ0v) is 21.3. The molecule has 2 atom stereocenters. The third-order valence-electron chi connectivity index (χ3n) is 6.10. The van der Waals surface area contributed by atoms with Gasteiger partial charge in [-0.05, 0) is 41.4 Å². The normalized spacial score (nSPS) is 18.9. The summed E-state index contributed by atoms with van der Waals surface area (Å²) in [5, 5.41) is 3.59. The molecule has 1 heterocycles. The maximum atomic E-state index is 13.3. The first kappa shape index (κ1) is 27.6. The van der Waals surface area contributed by atoms with E-state index >= 15 is 0 Å². The van der Waals surface area contributed by atoms with E-state index in [9.17, 15) is 9.59 Å². The van der Waals surface area contributed by atoms with Crippen molar-refractivity contribution in [3.63, 3.8) is 0 Å². The second-order valence-corrected chi connectivity index (χ2v) is 10.0. The zero-order chi connectivity index (χ0) is 24.4. The van der Waals surface area contributed by atoms with Crippen molar-refractivity contribution >= 4 is 23.4 Å². The average molecular weight is 483 g/mol. The summed E-state index contributed by atoms with van der Waals surface area (Å²) < 4.78 is 15.6. The van der Waals surface area contributed by atoms with Crippen molar-refractivity contribution in [3.8, 4) is 0 Å². The maximum Gasteiger partial charge on any atom is 0.246 e. The van der Waals surface area contributed by atoms with Gasteiger partial charge in [-0.1, -0.05) is 51.4 Å². The van der Waals surface area contributed by atoms with Crippen LogP contribution in [-0.2, 0) is 23.8 Å². The number of hydrogen-bond donors (Lipinski definition) is 1. The predicted molar refractivity (Wildman–Crippen MR) is 129 cm³/mol. The molecule has 186 valence electrons. The summed E-state index contributed by atoms with van der Waals surface area (Å²) in [4.78, 5) is 27.6. The molecule has 1 aliphatic rings. The Hall–Kier alpha value is -1.67. The van der Waals surface area contributed by atoms with Crippen molar-refractivity contribution in [3.05, 3.63) is 34.9 Å². The highest BCUT2D eigenvalue weighted by Gasteiger charge is 2.40. The summed E-state index contributed by atoms with van der Waals surface area (Å²) in [6, 6.07) is 7.41. The van der Waals surface area contributed by atoms with Gasteiger partial charge in [-0.2, -0.15) is 0 Å². The molecule has 2 amide bonds. The highest BCUT2D eigenvalue weighted by atomic mass is 35.5. The number of rotatable bonds is 12. The van der Waals surface area contributed by atoms with Crippen molar-refractivity contribution in [2.75, 3.05) is 53.2 Å². The number of amides is 2. The fraction of sp³-hybridized carbons (Fsp3) is 0.680. The van der Waals surface area contributed by atoms with Crippen LogP contribution in [0.1, 0.15) is 45.6 Å². The van der Waals surface area contributed by atoms with Crippen LogP contribution in [0.2, 0.25) is 5.02 Å². The van der Waals surface area contributed by atoms with Gasteiger partial charge >= 0.3 is 0 Å². The number of carbonyl (C=O) groups is 2. The number of nitrogens with zero attached hydrogens (tertiary/aromatic N) is 1. The summed E-state index contributed by atoms with van der Waals surface area (Å²) in [5.41, 5.74) is 1.15. The van der Waals surface area contributed by atoms with Crippen molar-refractivity contribution in [1.29, 1.82) is 0 Å². The number of nitrogens with one attached hydrogen (secondary N) is 1. The van der Waals surface area contributed by atoms with Gasteiger partial charge in [-0.15, -0.1) is 0 Å². The van der Waals surface area contributed by atoms with Gasteiger partial charge in [0.2, 0.25) is 11.8 Å². The summed E-state index contributed by atoms with van der Waals surface area (Å²) in [6.07, 6.45) is 0.866. The molecule has 0 aromatic heterocycles. The van der Waals surface area contributed by atoms with Crippen molar-refractivity contribution in [2.24, 2.45) is 11.3 Å². The molecular weight excluding hydrogens is 444 g/mol. The van der Waals surface area contributed by atoms with Gasteiger partial charge in [0.25, 0.3) is 0 Å². The van der Waals surface area contributed by atoms with Gasteiger partial charge in [0, 0.05) is 25.2 Å². The summed E-state index contributed by atoms with van der Waals surface area (Å²) in [7, 11) is 1.61. The monoisotopic (exact) mass is 482 g/mol. The third-order valence-corrected chi connectivity index (χ3v) is 6.35. The van der Waals surface area contributed by atoms with E-state index in [4.69, 9.17) is 25.8 Å². The van der Waals surface area contributed by atoms with Crippen LogP contribution in [0.3, 0.4) is 0 Å². The summed E-state index contributed by atoms with van der Waals surface area (Å²) in [6.45, 7) is 11.2. The molecule has 1 unspecified atom stereocenters. The summed E-state index contributed by atoms with van der Waals surface area (Å²) >= 11 is 6.05. The molecule has 1 aromatic rings. The predicted octanol–water partition coefficient (Wildman–Crippen LogP) is 3.50. The molecule has 0 bridgehead atoms. The van der Waals surface area contributed by atoms with Crippen LogP contribution in [0.4, 0.5) is 0 Å². The Bertz CT molecular complexity index is 754. The Kier molecular flexibility index (Phi) is 11.1. The third kappa shape index (κ3) is 8.56. The standard InChI is InChI=1S/C25H39ClN2O5/c1-18(2)23(27-22(29)16-33-15-14-32-13-12-31-5)24(30)28-11-10-21(25(3,4)17-28)19-6-8-20(26)9-7-19/h6-9,18,21,23H,10-17H2,1-5H3,(H,27,29)/t21?,23-/m1/s1. The SMILES string of the molecule is COCCOCCOCC(=O)N[C@@H](C(=O)N1CCC(c2ccc(Cl)cc2)C(C)(C)C1)C(C)C. The lowest BCUT2D eigenvalue weighted by Gasteiger charge is -2.45. The molecule has 0 radical (unpaired) electrons. The molecule has 0 spiro atoms. The number of hydrogen-bond acceptors (Lipinski definition) is 5. The largest absolute Gasteiger partial charge is 0.382 e. The Morgan fingerprint density at radius 1 is 1.12 bits per heavy atom. The molecular formula is C25H39ClN2O5. The fourth-order valence-electron chi connectivity index (χ4n) is 4.31. The average Bonchev–Trinajstić information content (AvgIpc) is 2.76. The van der Waals surface area contributed by atoms with Crippen LogP contribution in [-0.4, -0.2) is 76.0 Å². The van der Waals surface area contributed by atoms with Gasteiger partial charge in [-0.3, -0.25) is 9.59 Å². The molecule has 33 heavy (non-hydrogen) atoms. The van der Waals surface area contributed by atoms with Crippen LogP contribution in [0.5, 0.6) is 0 Å². The van der Waals surface area contributed by atoms with Gasteiger partial charge in [-0.25, -0.2) is 0 Å². The number of carbonyl (C=O) groups excluding carboxylic acids is 2. The number of halogens is 1. The van der Waals surface area contributed by atoms with E-state index in [-0.39, 0.29) is 29.8 Å². The first-order chi connectivity index (χ1) is 15.7. The van der Waals surface area contributed by atoms with Crippen molar-refractivity contribution in [1.82, 2.24) is 10.2 Å². The minimum absolute atomic E-state index is 0.0315. The number of piperidine rings is 1. The van der Waals surface area contributed by atoms with E-state index in [1.807, 2.05) is 30.9 Å². The Labute approximate surface area is 203 Å². The van der Waals surface area contributed by atoms with Crippen LogP contribution < -0.4 is 5.32 Å². The maximum absolute atomic E-state index is 13.3. The Morgan fingerprint density at radius 3 is 2.36 bits per heavy atom. The quantitative estimate of drug-likeness (QED) is 0.461. The van der Waals surface area contributed by atoms with E-state index in [1.165, 1.54) is 5.56 Å². The van der Waals surface area contributed by atoms with Gasteiger partial charge in [0.15, 0.2) is 0 Å². The second-order valence-electron chi connectivity index (χ2n) is 9.59. The molecule has 1 aromatic carbocycles. The molecule has 2 rings (SSSR count). The molecule has 1 N–H and O–H groups in total. The van der Waals surface area contributed by atoms with Crippen LogP contribution >= 0.6 is 11.6 Å². The minimum atomic E-state index is -0.582. The van der Waals surface area contributed by atoms with Gasteiger partial charge < -0.3 is 24.4 Å². The molecule has 1 saturated heterocycles. The Balaban J connectivity index is 1.88. The molecule has 0 saturated carbocycles. The first-order valence-electron chi connectivity index (χ1n) is 11.6. The minimum Gasteiger partial charge on any atom is -0.382 e. The zero-order valence-electron chi connectivity index (χ0n) is 20.6. The van der Waals surface area contributed by atoms with Crippen molar-refractivity contribution < 1.29 is 23.8 Å². The lowest BCUT2D eigenvalue weighted by molar-refractivity contribution is -0.141.